The van der Waals surface area contributed by atoms with Gasteiger partial charge in [0.05, 0.1) is 5.25 Å². The van der Waals surface area contributed by atoms with Crippen LogP contribution < -0.4 is 5.32 Å². The highest BCUT2D eigenvalue weighted by atomic mass is 32.2. The van der Waals surface area contributed by atoms with Gasteiger partial charge >= 0.3 is 0 Å². The topological polar surface area (TPSA) is 29.1 Å². The maximum Gasteiger partial charge on any atom is 0.237 e. The molecule has 1 N–H and O–H groups in total. The molecule has 1 amide bonds. The molecule has 1 atom stereocenters. The van der Waals surface area contributed by atoms with Crippen LogP contribution in [-0.2, 0) is 4.79 Å². The molecule has 0 aliphatic carbocycles. The van der Waals surface area contributed by atoms with Crippen LogP contribution in [0.25, 0.3) is 0 Å². The number of anilines is 1. The molecular weight excluding hydrogens is 314 g/mol. The molecule has 0 saturated heterocycles. The van der Waals surface area contributed by atoms with Crippen molar-refractivity contribution in [2.24, 2.45) is 0 Å². The van der Waals surface area contributed by atoms with Gasteiger partial charge in [0.1, 0.15) is 0 Å². The van der Waals surface area contributed by atoms with Crippen LogP contribution >= 0.6 is 11.8 Å². The lowest BCUT2D eigenvalue weighted by molar-refractivity contribution is -0.115. The van der Waals surface area contributed by atoms with Gasteiger partial charge in [-0.25, -0.2) is 0 Å². The van der Waals surface area contributed by atoms with Gasteiger partial charge in [-0.1, -0.05) is 71.1 Å². The van der Waals surface area contributed by atoms with Crippen LogP contribution in [0.1, 0.15) is 76.5 Å². The van der Waals surface area contributed by atoms with Crippen molar-refractivity contribution in [3.05, 3.63) is 28.8 Å². The molecule has 2 nitrogen and oxygen atoms in total. The Morgan fingerprint density at radius 3 is 2.17 bits per heavy atom. The van der Waals surface area contributed by atoms with Gasteiger partial charge in [-0.05, 0) is 38.3 Å². The lowest BCUT2D eigenvalue weighted by Crippen LogP contribution is -2.29. The Labute approximate surface area is 153 Å². The molecule has 1 aromatic rings. The molecule has 3 heteroatoms. The molecule has 1 rings (SSSR count). The third kappa shape index (κ3) is 7.29. The fraction of sp³-hybridized carbons (Fsp3) is 0.667. The van der Waals surface area contributed by atoms with Crippen molar-refractivity contribution < 1.29 is 4.79 Å². The second-order valence-electron chi connectivity index (χ2n) is 7.83. The van der Waals surface area contributed by atoms with Crippen LogP contribution in [-0.4, -0.2) is 15.9 Å². The maximum absolute atomic E-state index is 12.9. The number of benzene rings is 1. The van der Waals surface area contributed by atoms with Crippen molar-refractivity contribution in [3.63, 3.8) is 0 Å². The van der Waals surface area contributed by atoms with Crippen molar-refractivity contribution in [3.8, 4) is 0 Å². The van der Waals surface area contributed by atoms with Crippen LogP contribution in [0.2, 0.25) is 0 Å². The number of thioether (sulfide) groups is 1. The molecule has 24 heavy (non-hydrogen) atoms. The van der Waals surface area contributed by atoms with E-state index in [2.05, 4.69) is 65.9 Å². The summed E-state index contributed by atoms with van der Waals surface area (Å²) in [6, 6.07) is 4.27. The third-order valence-corrected chi connectivity index (χ3v) is 5.47. The van der Waals surface area contributed by atoms with Gasteiger partial charge in [0.15, 0.2) is 0 Å². The number of hydrogen-bond acceptors (Lipinski definition) is 2. The van der Waals surface area contributed by atoms with E-state index < -0.39 is 0 Å². The largest absolute Gasteiger partial charge is 0.325 e. The molecule has 0 radical (unpaired) electrons. The minimum Gasteiger partial charge on any atom is -0.325 e. The number of hydrogen-bond donors (Lipinski definition) is 1. The van der Waals surface area contributed by atoms with E-state index in [9.17, 15) is 4.79 Å². The first-order chi connectivity index (χ1) is 11.1. The van der Waals surface area contributed by atoms with Crippen LogP contribution in [0.15, 0.2) is 12.1 Å². The van der Waals surface area contributed by atoms with E-state index >= 15 is 0 Å². The normalized spacial score (nSPS) is 13.0. The number of carbonyl (C=O) groups excluding carboxylic acids is 1. The van der Waals surface area contributed by atoms with Crippen LogP contribution in [0.5, 0.6) is 0 Å². The van der Waals surface area contributed by atoms with E-state index in [1.54, 1.807) is 11.8 Å². The average molecular weight is 350 g/mol. The molecule has 0 saturated carbocycles. The summed E-state index contributed by atoms with van der Waals surface area (Å²) in [5, 5.41) is 3.23. The number of nitrogens with one attached hydrogen (secondary N) is 1. The molecule has 136 valence electrons. The zero-order valence-corrected chi connectivity index (χ0v) is 17.4. The Balaban J connectivity index is 2.83. The Kier molecular flexibility index (Phi) is 8.35. The molecule has 0 bridgehead atoms. The van der Waals surface area contributed by atoms with E-state index in [4.69, 9.17) is 0 Å². The highest BCUT2D eigenvalue weighted by Crippen LogP contribution is 2.32. The molecule has 0 aromatic heterocycles. The number of amides is 1. The fourth-order valence-electron chi connectivity index (χ4n) is 3.01. The summed E-state index contributed by atoms with van der Waals surface area (Å²) in [6.45, 7) is 15.0. The smallest absolute Gasteiger partial charge is 0.237 e. The third-order valence-electron chi connectivity index (χ3n) is 4.03. The molecule has 0 spiro atoms. The quantitative estimate of drug-likeness (QED) is 0.549. The lowest BCUT2D eigenvalue weighted by Gasteiger charge is -2.26. The Morgan fingerprint density at radius 2 is 1.67 bits per heavy atom. The first-order valence-electron chi connectivity index (χ1n) is 9.20. The van der Waals surface area contributed by atoms with E-state index in [0.717, 1.165) is 29.7 Å². The summed E-state index contributed by atoms with van der Waals surface area (Å²) < 4.78 is 0.0874. The SMILES string of the molecule is CCCCCCC(SC(C)(C)C)C(=O)Nc1c(C)cc(C)cc1C. The van der Waals surface area contributed by atoms with Crippen LogP contribution in [0.4, 0.5) is 5.69 Å². The Hall–Kier alpha value is -0.960. The monoisotopic (exact) mass is 349 g/mol. The standard InChI is InChI=1S/C21H35NOS/c1-8-9-10-11-12-18(24-21(5,6)7)20(23)22-19-16(3)13-15(2)14-17(19)4/h13-14,18H,8-12H2,1-7H3,(H,22,23). The number of carbonyl (C=O) groups is 1. The molecule has 0 aliphatic rings. The number of aryl methyl sites for hydroxylation is 3. The van der Waals surface area contributed by atoms with E-state index in [1.807, 2.05) is 0 Å². The van der Waals surface area contributed by atoms with E-state index in [-0.39, 0.29) is 15.9 Å². The average Bonchev–Trinajstić information content (AvgIpc) is 2.44. The minimum atomic E-state index is 0.0157. The second kappa shape index (κ2) is 9.50. The molecule has 0 heterocycles. The number of rotatable bonds is 8. The predicted molar refractivity (Wildman–Crippen MR) is 109 cm³/mol. The van der Waals surface area contributed by atoms with Gasteiger partial charge in [0.2, 0.25) is 5.91 Å². The second-order valence-corrected chi connectivity index (χ2v) is 9.86. The zero-order valence-electron chi connectivity index (χ0n) is 16.6. The van der Waals surface area contributed by atoms with Crippen LogP contribution in [0.3, 0.4) is 0 Å². The summed E-state index contributed by atoms with van der Waals surface area (Å²) in [4.78, 5) is 12.9. The van der Waals surface area contributed by atoms with Gasteiger partial charge in [-0.15, -0.1) is 11.8 Å². The van der Waals surface area contributed by atoms with E-state index in [0.29, 0.717) is 0 Å². The van der Waals surface area contributed by atoms with E-state index in [1.165, 1.54) is 24.8 Å². The maximum atomic E-state index is 12.9. The molecular formula is C21H35NOS. The van der Waals surface area contributed by atoms with Gasteiger partial charge in [-0.2, -0.15) is 0 Å². The minimum absolute atomic E-state index is 0.0157. The summed E-state index contributed by atoms with van der Waals surface area (Å²) in [6.07, 6.45) is 5.78. The highest BCUT2D eigenvalue weighted by Gasteiger charge is 2.25. The van der Waals surface area contributed by atoms with Gasteiger partial charge in [0, 0.05) is 10.4 Å². The van der Waals surface area contributed by atoms with Crippen molar-refractivity contribution in [2.45, 2.75) is 90.6 Å². The fourth-order valence-corrected chi connectivity index (χ4v) is 4.31. The summed E-state index contributed by atoms with van der Waals surface area (Å²) in [7, 11) is 0. The lowest BCUT2D eigenvalue weighted by atomic mass is 10.0. The van der Waals surface area contributed by atoms with Gasteiger partial charge in [-0.3, -0.25) is 4.79 Å². The summed E-state index contributed by atoms with van der Waals surface area (Å²) >= 11 is 1.79. The highest BCUT2D eigenvalue weighted by molar-refractivity contribution is 8.01. The molecule has 1 aromatic carbocycles. The zero-order chi connectivity index (χ0) is 18.3. The van der Waals surface area contributed by atoms with Crippen LogP contribution in [0, 0.1) is 20.8 Å². The molecule has 0 aliphatic heterocycles. The van der Waals surface area contributed by atoms with Gasteiger partial charge in [0.25, 0.3) is 0 Å². The van der Waals surface area contributed by atoms with Crippen molar-refractivity contribution >= 4 is 23.4 Å². The Bertz CT molecular complexity index is 522. The summed E-state index contributed by atoms with van der Waals surface area (Å²) in [5.41, 5.74) is 4.51. The number of unbranched alkanes of at least 4 members (excludes halogenated alkanes) is 3. The van der Waals surface area contributed by atoms with Gasteiger partial charge < -0.3 is 5.32 Å². The first kappa shape index (κ1) is 21.1. The summed E-state index contributed by atoms with van der Waals surface area (Å²) in [5.74, 6) is 0.154. The Morgan fingerprint density at radius 1 is 1.08 bits per heavy atom. The van der Waals surface area contributed by atoms with Crippen molar-refractivity contribution in [1.82, 2.24) is 0 Å². The molecule has 0 fully saturated rings. The van der Waals surface area contributed by atoms with Crippen molar-refractivity contribution in [2.75, 3.05) is 5.32 Å². The molecule has 1 unspecified atom stereocenters. The van der Waals surface area contributed by atoms with Crippen molar-refractivity contribution in [1.29, 1.82) is 0 Å². The predicted octanol–water partition coefficient (Wildman–Crippen LogP) is 6.42. The first-order valence-corrected chi connectivity index (χ1v) is 10.1.